The molecule has 4 aliphatic rings. The molecule has 2 saturated carbocycles. The number of amides is 1. The second-order valence-corrected chi connectivity index (χ2v) is 9.33. The molecule has 2 saturated heterocycles. The fourth-order valence-electron chi connectivity index (χ4n) is 6.05. The topological polar surface area (TPSA) is 93.7 Å². The summed E-state index contributed by atoms with van der Waals surface area (Å²) in [7, 11) is 0. The summed E-state index contributed by atoms with van der Waals surface area (Å²) in [6.07, 6.45) is 9.75. The molecule has 162 valence electrons. The van der Waals surface area contributed by atoms with Gasteiger partial charge in [-0.2, -0.15) is 0 Å². The van der Waals surface area contributed by atoms with Crippen molar-refractivity contribution >= 4 is 18.0 Å². The highest BCUT2D eigenvalue weighted by atomic mass is 16.5. The van der Waals surface area contributed by atoms with Gasteiger partial charge in [0.05, 0.1) is 24.2 Å². The molecule has 0 spiro atoms. The maximum absolute atomic E-state index is 13.5. The van der Waals surface area contributed by atoms with Gasteiger partial charge in [0.2, 0.25) is 5.91 Å². The van der Waals surface area contributed by atoms with Gasteiger partial charge in [-0.3, -0.25) is 9.59 Å². The van der Waals surface area contributed by atoms with E-state index in [0.717, 1.165) is 44.9 Å². The molecule has 4 atom stereocenters. The maximum Gasteiger partial charge on any atom is 0.227 e. The number of ketones is 1. The van der Waals surface area contributed by atoms with E-state index in [2.05, 4.69) is 10.6 Å². The van der Waals surface area contributed by atoms with Gasteiger partial charge in [0.15, 0.2) is 5.78 Å². The van der Waals surface area contributed by atoms with E-state index in [-0.39, 0.29) is 30.8 Å². The van der Waals surface area contributed by atoms with Crippen LogP contribution in [0.5, 0.6) is 0 Å². The third kappa shape index (κ3) is 4.01. The Bertz CT molecular complexity index is 627. The lowest BCUT2D eigenvalue weighted by molar-refractivity contribution is -0.156. The highest BCUT2D eigenvalue weighted by Gasteiger charge is 2.57. The summed E-state index contributed by atoms with van der Waals surface area (Å²) in [6.45, 7) is 1.91. The number of hydrogen-bond donors (Lipinski definition) is 2. The Hall–Kier alpha value is -1.31. The molecule has 0 aromatic carbocycles. The zero-order chi connectivity index (χ0) is 20.3. The molecule has 7 nitrogen and oxygen atoms in total. The van der Waals surface area contributed by atoms with Gasteiger partial charge in [-0.25, -0.2) is 0 Å². The Balaban J connectivity index is 1.56. The Kier molecular flexibility index (Phi) is 6.37. The van der Waals surface area contributed by atoms with Crippen LogP contribution in [0.25, 0.3) is 0 Å². The van der Waals surface area contributed by atoms with Gasteiger partial charge in [0, 0.05) is 19.5 Å². The number of Topliss-reactive ketones (excluding diaryl/α,β-unsaturated/α-hetero) is 1. The predicted molar refractivity (Wildman–Crippen MR) is 106 cm³/mol. The predicted octanol–water partition coefficient (Wildman–Crippen LogP) is 1.53. The van der Waals surface area contributed by atoms with E-state index in [9.17, 15) is 14.4 Å². The molecule has 0 bridgehead atoms. The van der Waals surface area contributed by atoms with Crippen LogP contribution in [0.1, 0.15) is 64.2 Å². The van der Waals surface area contributed by atoms with Crippen molar-refractivity contribution in [1.29, 1.82) is 0 Å². The number of nitrogens with one attached hydrogen (secondary N) is 2. The van der Waals surface area contributed by atoms with Crippen LogP contribution in [-0.2, 0) is 23.9 Å². The van der Waals surface area contributed by atoms with E-state index < -0.39 is 17.1 Å². The van der Waals surface area contributed by atoms with Gasteiger partial charge in [-0.05, 0) is 31.6 Å². The van der Waals surface area contributed by atoms with Crippen molar-refractivity contribution in [3.05, 3.63) is 0 Å². The average Bonchev–Trinajstić information content (AvgIpc) is 3.27. The molecule has 4 rings (SSSR count). The number of carbonyl (C=O) groups is 3. The van der Waals surface area contributed by atoms with Gasteiger partial charge >= 0.3 is 0 Å². The first-order valence-electron chi connectivity index (χ1n) is 11.3. The summed E-state index contributed by atoms with van der Waals surface area (Å²) in [6, 6.07) is 0. The number of ether oxygens (including phenoxy) is 2. The summed E-state index contributed by atoms with van der Waals surface area (Å²) in [5, 5.41) is 6.46. The molecule has 2 aliphatic heterocycles. The summed E-state index contributed by atoms with van der Waals surface area (Å²) in [5.74, 6) is -0.359. The van der Waals surface area contributed by atoms with E-state index in [4.69, 9.17) is 9.47 Å². The number of aldehydes is 1. The lowest BCUT2D eigenvalue weighted by Crippen LogP contribution is -2.63. The van der Waals surface area contributed by atoms with Crippen LogP contribution in [0.3, 0.4) is 0 Å². The van der Waals surface area contributed by atoms with Crippen LogP contribution in [-0.4, -0.2) is 61.5 Å². The molecule has 7 heteroatoms. The van der Waals surface area contributed by atoms with Gasteiger partial charge in [0.25, 0.3) is 0 Å². The highest BCUT2D eigenvalue weighted by molar-refractivity contribution is 5.97. The van der Waals surface area contributed by atoms with Crippen LogP contribution < -0.4 is 10.6 Å². The largest absolute Gasteiger partial charge is 0.371 e. The molecule has 2 N–H and O–H groups in total. The van der Waals surface area contributed by atoms with E-state index >= 15 is 0 Å². The van der Waals surface area contributed by atoms with Crippen molar-refractivity contribution in [2.45, 2.75) is 81.5 Å². The van der Waals surface area contributed by atoms with Crippen molar-refractivity contribution in [2.24, 2.45) is 11.8 Å². The van der Waals surface area contributed by atoms with Gasteiger partial charge in [-0.1, -0.05) is 32.1 Å². The van der Waals surface area contributed by atoms with Gasteiger partial charge in [-0.15, -0.1) is 0 Å². The Labute approximate surface area is 172 Å². The first kappa shape index (κ1) is 20.9. The first-order valence-corrected chi connectivity index (χ1v) is 11.3. The fraction of sp³-hybridized carbons (Fsp3) is 0.864. The molecule has 29 heavy (non-hydrogen) atoms. The van der Waals surface area contributed by atoms with Gasteiger partial charge in [0.1, 0.15) is 18.4 Å². The Morgan fingerprint density at radius 1 is 1.24 bits per heavy atom. The highest BCUT2D eigenvalue weighted by Crippen LogP contribution is 2.41. The normalized spacial score (nSPS) is 36.6. The summed E-state index contributed by atoms with van der Waals surface area (Å²) in [5.41, 5.74) is -1.61. The van der Waals surface area contributed by atoms with Crippen molar-refractivity contribution in [3.63, 3.8) is 0 Å². The third-order valence-corrected chi connectivity index (χ3v) is 7.58. The Morgan fingerprint density at radius 2 is 2.07 bits per heavy atom. The zero-order valence-corrected chi connectivity index (χ0v) is 17.3. The summed E-state index contributed by atoms with van der Waals surface area (Å²) in [4.78, 5) is 37.7. The monoisotopic (exact) mass is 406 g/mol. The second kappa shape index (κ2) is 8.82. The van der Waals surface area contributed by atoms with E-state index in [1.165, 1.54) is 19.3 Å². The number of morpholine rings is 1. The van der Waals surface area contributed by atoms with Crippen LogP contribution in [0.15, 0.2) is 0 Å². The van der Waals surface area contributed by atoms with Crippen LogP contribution in [0.4, 0.5) is 0 Å². The van der Waals surface area contributed by atoms with Crippen molar-refractivity contribution in [1.82, 2.24) is 10.6 Å². The molecule has 4 unspecified atom stereocenters. The number of carbonyl (C=O) groups excluding carboxylic acids is 3. The molecule has 0 aromatic rings. The molecule has 0 aromatic heterocycles. The minimum absolute atomic E-state index is 0.0396. The van der Waals surface area contributed by atoms with Crippen molar-refractivity contribution in [3.8, 4) is 0 Å². The summed E-state index contributed by atoms with van der Waals surface area (Å²) >= 11 is 0. The molecule has 2 aliphatic carbocycles. The fourth-order valence-corrected chi connectivity index (χ4v) is 6.05. The lowest BCUT2D eigenvalue weighted by atomic mass is 9.73. The molecular weight excluding hydrogens is 372 g/mol. The SMILES string of the molecule is O=CCC(C(=O)NC12CCCC1OCC2=O)C1(CC2CCCCC2)CNCCO1. The maximum atomic E-state index is 13.5. The lowest BCUT2D eigenvalue weighted by Gasteiger charge is -2.45. The smallest absolute Gasteiger partial charge is 0.227 e. The summed E-state index contributed by atoms with van der Waals surface area (Å²) < 4.78 is 12.0. The minimum atomic E-state index is -0.910. The molecule has 0 radical (unpaired) electrons. The molecular formula is C22H34N2O5. The number of fused-ring (bicyclic) bond motifs is 1. The van der Waals surface area contributed by atoms with E-state index in [1.54, 1.807) is 0 Å². The standard InChI is InChI=1S/C22H34N2O5/c25-11-8-17(20(27)24-22-9-4-7-19(22)28-14-18(22)26)21(15-23-10-12-29-21)13-16-5-2-1-3-6-16/h11,16-17,19,23H,1-10,12-15H2,(H,24,27). The number of rotatable bonds is 7. The van der Waals surface area contributed by atoms with Crippen molar-refractivity contribution < 1.29 is 23.9 Å². The first-order chi connectivity index (χ1) is 14.1. The minimum Gasteiger partial charge on any atom is -0.371 e. The molecule has 2 heterocycles. The van der Waals surface area contributed by atoms with E-state index in [0.29, 0.717) is 25.5 Å². The third-order valence-electron chi connectivity index (χ3n) is 7.58. The van der Waals surface area contributed by atoms with E-state index in [1.807, 2.05) is 0 Å². The van der Waals surface area contributed by atoms with Gasteiger partial charge < -0.3 is 24.9 Å². The quantitative estimate of drug-likeness (QED) is 0.623. The zero-order valence-electron chi connectivity index (χ0n) is 17.3. The van der Waals surface area contributed by atoms with Crippen molar-refractivity contribution in [2.75, 3.05) is 26.3 Å². The molecule has 4 fully saturated rings. The molecule has 1 amide bonds. The van der Waals surface area contributed by atoms with Crippen LogP contribution >= 0.6 is 0 Å². The Morgan fingerprint density at radius 3 is 2.79 bits per heavy atom. The van der Waals surface area contributed by atoms with Crippen LogP contribution in [0.2, 0.25) is 0 Å². The number of hydrogen-bond acceptors (Lipinski definition) is 6. The second-order valence-electron chi connectivity index (χ2n) is 9.33. The van der Waals surface area contributed by atoms with Crippen LogP contribution in [0, 0.1) is 11.8 Å². The average molecular weight is 407 g/mol.